The van der Waals surface area contributed by atoms with E-state index in [9.17, 15) is 0 Å². The summed E-state index contributed by atoms with van der Waals surface area (Å²) in [6.07, 6.45) is 1.93. The monoisotopic (exact) mass is 188 g/mol. The molecule has 0 aliphatic carbocycles. The normalized spacial score (nSPS) is 13.4. The third-order valence-corrected chi connectivity index (χ3v) is 1.98. The molecular weight excluding hydrogens is 164 g/mol. The smallest absolute Gasteiger partial charge is 0.0627 e. The summed E-state index contributed by atoms with van der Waals surface area (Å²) >= 11 is 0. The van der Waals surface area contributed by atoms with Crippen LogP contribution < -0.4 is 11.5 Å². The second-order valence-electron chi connectivity index (χ2n) is 4.89. The largest absolute Gasteiger partial charge is 0.374 e. The highest BCUT2D eigenvalue weighted by Crippen LogP contribution is 2.20. The van der Waals surface area contributed by atoms with Gasteiger partial charge in [-0.15, -0.1) is 0 Å². The van der Waals surface area contributed by atoms with Crippen molar-refractivity contribution in [2.75, 3.05) is 13.2 Å². The zero-order valence-corrected chi connectivity index (χ0v) is 9.39. The summed E-state index contributed by atoms with van der Waals surface area (Å²) in [6, 6.07) is 0. The molecule has 0 bridgehead atoms. The Kier molecular flexibility index (Phi) is 4.89. The summed E-state index contributed by atoms with van der Waals surface area (Å²) in [6.45, 7) is 9.42. The van der Waals surface area contributed by atoms with Gasteiger partial charge in [-0.2, -0.15) is 0 Å². The van der Waals surface area contributed by atoms with Gasteiger partial charge in [-0.25, -0.2) is 0 Å². The number of hydrogen-bond donors (Lipinski definition) is 2. The Morgan fingerprint density at radius 1 is 1.08 bits per heavy atom. The molecule has 0 aromatic carbocycles. The summed E-state index contributed by atoms with van der Waals surface area (Å²) in [5.74, 6) is 0. The summed E-state index contributed by atoms with van der Waals surface area (Å²) < 4.78 is 5.59. The van der Waals surface area contributed by atoms with Gasteiger partial charge in [0.15, 0.2) is 0 Å². The van der Waals surface area contributed by atoms with E-state index in [1.54, 1.807) is 0 Å². The van der Waals surface area contributed by atoms with E-state index in [0.29, 0.717) is 13.2 Å². The summed E-state index contributed by atoms with van der Waals surface area (Å²) in [7, 11) is 0. The molecule has 0 spiro atoms. The number of ether oxygens (including phenoxy) is 1. The van der Waals surface area contributed by atoms with E-state index in [-0.39, 0.29) is 11.1 Å². The van der Waals surface area contributed by atoms with Crippen molar-refractivity contribution in [3.63, 3.8) is 0 Å². The molecule has 0 atom stereocenters. The topological polar surface area (TPSA) is 61.3 Å². The lowest BCUT2D eigenvalue weighted by atomic mass is 9.92. The van der Waals surface area contributed by atoms with E-state index in [1.807, 2.05) is 13.8 Å². The maximum atomic E-state index is 5.89. The van der Waals surface area contributed by atoms with Crippen LogP contribution in [0, 0.1) is 0 Å². The third kappa shape index (κ3) is 8.22. The van der Waals surface area contributed by atoms with Crippen molar-refractivity contribution in [2.24, 2.45) is 11.5 Å². The van der Waals surface area contributed by atoms with Gasteiger partial charge < -0.3 is 16.2 Å². The first-order chi connectivity index (χ1) is 5.77. The highest BCUT2D eigenvalue weighted by molar-refractivity contribution is 4.78. The molecule has 0 rings (SSSR count). The molecule has 0 radical (unpaired) electrons. The van der Waals surface area contributed by atoms with Gasteiger partial charge in [0, 0.05) is 12.1 Å². The molecule has 0 heterocycles. The third-order valence-electron chi connectivity index (χ3n) is 1.98. The second-order valence-corrected chi connectivity index (χ2v) is 4.89. The van der Waals surface area contributed by atoms with Gasteiger partial charge in [-0.1, -0.05) is 0 Å². The number of hydrogen-bond acceptors (Lipinski definition) is 3. The van der Waals surface area contributed by atoms with E-state index < -0.39 is 0 Å². The van der Waals surface area contributed by atoms with Gasteiger partial charge in [0.25, 0.3) is 0 Å². The van der Waals surface area contributed by atoms with E-state index in [4.69, 9.17) is 16.2 Å². The van der Waals surface area contributed by atoms with E-state index in [1.165, 1.54) is 0 Å². The lowest BCUT2D eigenvalue weighted by Crippen LogP contribution is -2.36. The predicted molar refractivity (Wildman–Crippen MR) is 56.6 cm³/mol. The average molecular weight is 188 g/mol. The summed E-state index contributed by atoms with van der Waals surface area (Å²) in [5.41, 5.74) is 11.1. The first-order valence-corrected chi connectivity index (χ1v) is 4.90. The van der Waals surface area contributed by atoms with Crippen LogP contribution in [0.2, 0.25) is 0 Å². The molecule has 80 valence electrons. The fraction of sp³-hybridized carbons (Fsp3) is 1.00. The van der Waals surface area contributed by atoms with Crippen molar-refractivity contribution < 1.29 is 4.74 Å². The maximum Gasteiger partial charge on any atom is 0.0627 e. The van der Waals surface area contributed by atoms with Gasteiger partial charge in [0.2, 0.25) is 0 Å². The SMILES string of the molecule is CC(C)(N)CCC(C)(C)OCCN. The minimum atomic E-state index is -0.108. The lowest BCUT2D eigenvalue weighted by Gasteiger charge is -2.29. The van der Waals surface area contributed by atoms with Crippen LogP contribution in [-0.4, -0.2) is 24.3 Å². The van der Waals surface area contributed by atoms with Gasteiger partial charge >= 0.3 is 0 Å². The van der Waals surface area contributed by atoms with Gasteiger partial charge in [0.1, 0.15) is 0 Å². The minimum absolute atomic E-state index is 0.101. The number of nitrogens with two attached hydrogens (primary N) is 2. The molecule has 0 aromatic rings. The number of rotatable bonds is 6. The molecule has 0 saturated heterocycles. The molecule has 0 saturated carbocycles. The molecule has 0 aromatic heterocycles. The Balaban J connectivity index is 3.75. The molecule has 0 aliphatic heterocycles. The fourth-order valence-electron chi connectivity index (χ4n) is 1.03. The molecular formula is C10H24N2O. The average Bonchev–Trinajstić information content (AvgIpc) is 1.97. The summed E-state index contributed by atoms with van der Waals surface area (Å²) in [4.78, 5) is 0. The van der Waals surface area contributed by atoms with Crippen LogP contribution in [-0.2, 0) is 4.74 Å². The van der Waals surface area contributed by atoms with Crippen LogP contribution in [0.3, 0.4) is 0 Å². The molecule has 0 aliphatic rings. The second kappa shape index (κ2) is 4.94. The molecule has 0 fully saturated rings. The first-order valence-electron chi connectivity index (χ1n) is 4.90. The Morgan fingerprint density at radius 2 is 1.62 bits per heavy atom. The Bertz CT molecular complexity index is 138. The zero-order chi connectivity index (χ0) is 10.5. The molecule has 3 nitrogen and oxygen atoms in total. The predicted octanol–water partition coefficient (Wildman–Crippen LogP) is 1.26. The zero-order valence-electron chi connectivity index (χ0n) is 9.39. The molecule has 3 heteroatoms. The molecule has 4 N–H and O–H groups in total. The Labute approximate surface area is 81.8 Å². The summed E-state index contributed by atoms with van der Waals surface area (Å²) in [5, 5.41) is 0. The first kappa shape index (κ1) is 12.9. The standard InChI is InChI=1S/C10H24N2O/c1-9(2,12)5-6-10(3,4)13-8-7-11/h5-8,11-12H2,1-4H3. The van der Waals surface area contributed by atoms with Crippen LogP contribution in [0.25, 0.3) is 0 Å². The van der Waals surface area contributed by atoms with E-state index in [0.717, 1.165) is 12.8 Å². The van der Waals surface area contributed by atoms with Crippen molar-refractivity contribution in [3.8, 4) is 0 Å². The van der Waals surface area contributed by atoms with Crippen LogP contribution in [0.1, 0.15) is 40.5 Å². The highest BCUT2D eigenvalue weighted by Gasteiger charge is 2.21. The Hall–Kier alpha value is -0.120. The van der Waals surface area contributed by atoms with Crippen LogP contribution >= 0.6 is 0 Å². The van der Waals surface area contributed by atoms with E-state index in [2.05, 4.69) is 13.8 Å². The molecule has 13 heavy (non-hydrogen) atoms. The Morgan fingerprint density at radius 3 is 2.00 bits per heavy atom. The highest BCUT2D eigenvalue weighted by atomic mass is 16.5. The quantitative estimate of drug-likeness (QED) is 0.659. The lowest BCUT2D eigenvalue weighted by molar-refractivity contribution is -0.0232. The van der Waals surface area contributed by atoms with Crippen LogP contribution in [0.5, 0.6) is 0 Å². The van der Waals surface area contributed by atoms with Crippen LogP contribution in [0.15, 0.2) is 0 Å². The maximum absolute atomic E-state index is 5.89. The van der Waals surface area contributed by atoms with Gasteiger partial charge in [0.05, 0.1) is 12.2 Å². The minimum Gasteiger partial charge on any atom is -0.374 e. The molecule has 0 amide bonds. The van der Waals surface area contributed by atoms with Crippen molar-refractivity contribution in [1.29, 1.82) is 0 Å². The fourth-order valence-corrected chi connectivity index (χ4v) is 1.03. The van der Waals surface area contributed by atoms with Gasteiger partial charge in [-0.3, -0.25) is 0 Å². The van der Waals surface area contributed by atoms with Crippen molar-refractivity contribution in [3.05, 3.63) is 0 Å². The van der Waals surface area contributed by atoms with E-state index >= 15 is 0 Å². The van der Waals surface area contributed by atoms with Gasteiger partial charge in [-0.05, 0) is 40.5 Å². The van der Waals surface area contributed by atoms with Crippen molar-refractivity contribution in [1.82, 2.24) is 0 Å². The molecule has 0 unspecified atom stereocenters. The van der Waals surface area contributed by atoms with Crippen molar-refractivity contribution >= 4 is 0 Å². The van der Waals surface area contributed by atoms with Crippen LogP contribution in [0.4, 0.5) is 0 Å². The van der Waals surface area contributed by atoms with Crippen molar-refractivity contribution in [2.45, 2.75) is 51.7 Å².